The largest absolute Gasteiger partial charge is 0.466 e. The van der Waals surface area contributed by atoms with E-state index >= 15 is 0 Å². The quantitative estimate of drug-likeness (QED) is 0.482. The Morgan fingerprint density at radius 1 is 1.54 bits per heavy atom. The van der Waals surface area contributed by atoms with Crippen LogP contribution < -0.4 is 5.73 Å². The van der Waals surface area contributed by atoms with Crippen LogP contribution in [0.4, 0.5) is 0 Å². The molecule has 2 aliphatic carbocycles. The van der Waals surface area contributed by atoms with E-state index in [0.717, 1.165) is 6.42 Å². The lowest BCUT2D eigenvalue weighted by Crippen LogP contribution is -2.67. The van der Waals surface area contributed by atoms with Crippen molar-refractivity contribution in [2.75, 3.05) is 6.61 Å². The van der Waals surface area contributed by atoms with Crippen LogP contribution >= 0.6 is 0 Å². The molecule has 2 bridgehead atoms. The molecule has 0 aromatic heterocycles. The number of hydrogen-bond donors (Lipinski definition) is 1. The average molecular weight is 182 g/mol. The van der Waals surface area contributed by atoms with Gasteiger partial charge >= 0.3 is 5.97 Å². The van der Waals surface area contributed by atoms with Gasteiger partial charge in [0, 0.05) is 5.92 Å². The van der Waals surface area contributed by atoms with Gasteiger partial charge in [0.1, 0.15) is 12.0 Å². The van der Waals surface area contributed by atoms with Gasteiger partial charge in [0.25, 0.3) is 0 Å². The number of fused-ring (bicyclic) bond motifs is 2. The summed E-state index contributed by atoms with van der Waals surface area (Å²) in [6, 6.07) is 0.231. The zero-order chi connectivity index (χ0) is 9.42. The van der Waals surface area contributed by atoms with Crippen LogP contribution in [0.25, 0.3) is 0 Å². The van der Waals surface area contributed by atoms with Gasteiger partial charge in [-0.15, -0.1) is 0 Å². The van der Waals surface area contributed by atoms with Crippen molar-refractivity contribution in [3.8, 4) is 0 Å². The molecule has 1 saturated carbocycles. The van der Waals surface area contributed by atoms with E-state index in [4.69, 9.17) is 4.74 Å². The van der Waals surface area contributed by atoms with Gasteiger partial charge in [-0.2, -0.15) is 0 Å². The minimum absolute atomic E-state index is 0.0231. The fraction of sp³-hybridized carbons (Fsp3) is 0.700. The summed E-state index contributed by atoms with van der Waals surface area (Å²) < 4.78 is 5.04. The van der Waals surface area contributed by atoms with Crippen LogP contribution in [0.3, 0.4) is 0 Å². The Balaban J connectivity index is 2.08. The molecule has 0 aromatic rings. The molecule has 0 spiro atoms. The zero-order valence-electron chi connectivity index (χ0n) is 7.90. The Morgan fingerprint density at radius 3 is 2.77 bits per heavy atom. The first-order valence-corrected chi connectivity index (χ1v) is 4.92. The molecule has 0 aromatic carbocycles. The van der Waals surface area contributed by atoms with Crippen molar-refractivity contribution in [3.05, 3.63) is 12.2 Å². The third-order valence-corrected chi connectivity index (χ3v) is 3.18. The number of quaternary nitrogens is 1. The van der Waals surface area contributed by atoms with Crippen LogP contribution in [0.2, 0.25) is 0 Å². The molecule has 0 radical (unpaired) electrons. The summed E-state index contributed by atoms with van der Waals surface area (Å²) in [5.74, 6) is 0.875. The lowest BCUT2D eigenvalue weighted by Gasteiger charge is -2.19. The number of carbonyl (C=O) groups is 1. The van der Waals surface area contributed by atoms with Crippen LogP contribution in [0.1, 0.15) is 13.3 Å². The maximum atomic E-state index is 11.5. The molecule has 0 heterocycles. The highest BCUT2D eigenvalue weighted by Gasteiger charge is 2.49. The molecule has 0 aliphatic heterocycles. The van der Waals surface area contributed by atoms with Crippen molar-refractivity contribution >= 4 is 5.97 Å². The van der Waals surface area contributed by atoms with E-state index in [-0.39, 0.29) is 17.9 Å². The van der Waals surface area contributed by atoms with Crippen molar-refractivity contribution in [2.45, 2.75) is 19.4 Å². The van der Waals surface area contributed by atoms with Gasteiger partial charge < -0.3 is 10.5 Å². The molecule has 3 N–H and O–H groups in total. The van der Waals surface area contributed by atoms with E-state index in [1.54, 1.807) is 0 Å². The smallest absolute Gasteiger partial charge is 0.315 e. The monoisotopic (exact) mass is 182 g/mol. The van der Waals surface area contributed by atoms with E-state index in [0.29, 0.717) is 18.4 Å². The van der Waals surface area contributed by atoms with Crippen LogP contribution in [0.15, 0.2) is 12.2 Å². The second-order valence-corrected chi connectivity index (χ2v) is 3.89. The summed E-state index contributed by atoms with van der Waals surface area (Å²) in [5.41, 5.74) is 4.05. The summed E-state index contributed by atoms with van der Waals surface area (Å²) in [7, 11) is 0. The third kappa shape index (κ3) is 1.27. The van der Waals surface area contributed by atoms with Gasteiger partial charge in [-0.1, -0.05) is 12.2 Å². The predicted octanol–water partition coefficient (Wildman–Crippen LogP) is -0.0179. The molecule has 4 atom stereocenters. The summed E-state index contributed by atoms with van der Waals surface area (Å²) in [6.45, 7) is 2.32. The molecule has 0 saturated heterocycles. The Morgan fingerprint density at radius 2 is 2.23 bits per heavy atom. The number of esters is 1. The van der Waals surface area contributed by atoms with Crippen molar-refractivity contribution in [1.82, 2.24) is 0 Å². The van der Waals surface area contributed by atoms with E-state index < -0.39 is 0 Å². The molecule has 0 amide bonds. The second kappa shape index (κ2) is 3.14. The Labute approximate surface area is 77.9 Å². The van der Waals surface area contributed by atoms with Crippen LogP contribution in [-0.4, -0.2) is 18.6 Å². The zero-order valence-corrected chi connectivity index (χ0v) is 7.90. The molecule has 13 heavy (non-hydrogen) atoms. The van der Waals surface area contributed by atoms with E-state index in [1.807, 2.05) is 6.92 Å². The van der Waals surface area contributed by atoms with Gasteiger partial charge in [-0.3, -0.25) is 4.79 Å². The van der Waals surface area contributed by atoms with Crippen molar-refractivity contribution < 1.29 is 15.3 Å². The lowest BCUT2D eigenvalue weighted by atomic mass is 9.90. The van der Waals surface area contributed by atoms with Gasteiger partial charge in [-0.25, -0.2) is 0 Å². The number of allylic oxidation sites excluding steroid dienone is 1. The van der Waals surface area contributed by atoms with E-state index in [9.17, 15) is 4.79 Å². The first-order chi connectivity index (χ1) is 6.24. The number of ether oxygens (including phenoxy) is 1. The van der Waals surface area contributed by atoms with Gasteiger partial charge in [0.2, 0.25) is 0 Å². The van der Waals surface area contributed by atoms with Crippen LogP contribution in [0, 0.1) is 17.8 Å². The highest BCUT2D eigenvalue weighted by atomic mass is 16.5. The third-order valence-electron chi connectivity index (χ3n) is 3.18. The van der Waals surface area contributed by atoms with E-state index in [2.05, 4.69) is 17.9 Å². The average Bonchev–Trinajstić information content (AvgIpc) is 2.63. The minimum atomic E-state index is -0.0562. The van der Waals surface area contributed by atoms with Gasteiger partial charge in [-0.05, 0) is 19.3 Å². The van der Waals surface area contributed by atoms with Crippen molar-refractivity contribution in [2.24, 2.45) is 17.8 Å². The molecule has 3 nitrogen and oxygen atoms in total. The summed E-state index contributed by atoms with van der Waals surface area (Å²) >= 11 is 0. The minimum Gasteiger partial charge on any atom is -0.466 e. The Bertz CT molecular complexity index is 249. The van der Waals surface area contributed by atoms with E-state index in [1.165, 1.54) is 0 Å². The fourth-order valence-electron chi connectivity index (χ4n) is 2.51. The van der Waals surface area contributed by atoms with Crippen molar-refractivity contribution in [1.29, 1.82) is 0 Å². The molecule has 2 aliphatic rings. The summed E-state index contributed by atoms with van der Waals surface area (Å²) in [5, 5.41) is 0. The lowest BCUT2D eigenvalue weighted by molar-refractivity contribution is -0.434. The second-order valence-electron chi connectivity index (χ2n) is 3.89. The molecule has 72 valence electrons. The number of rotatable bonds is 2. The first kappa shape index (κ1) is 8.75. The maximum Gasteiger partial charge on any atom is 0.315 e. The highest BCUT2D eigenvalue weighted by Crippen LogP contribution is 2.42. The first-order valence-electron chi connectivity index (χ1n) is 4.92. The molecular weight excluding hydrogens is 166 g/mol. The Kier molecular flexibility index (Phi) is 2.12. The topological polar surface area (TPSA) is 53.9 Å². The molecule has 3 heteroatoms. The highest BCUT2D eigenvalue weighted by molar-refractivity contribution is 5.74. The normalized spacial score (nSPS) is 41.1. The fourth-order valence-corrected chi connectivity index (χ4v) is 2.51. The van der Waals surface area contributed by atoms with Crippen LogP contribution in [-0.2, 0) is 9.53 Å². The van der Waals surface area contributed by atoms with Gasteiger partial charge in [0.15, 0.2) is 0 Å². The predicted molar refractivity (Wildman–Crippen MR) is 47.5 cm³/mol. The van der Waals surface area contributed by atoms with Crippen LogP contribution in [0.5, 0.6) is 0 Å². The van der Waals surface area contributed by atoms with Gasteiger partial charge in [0.05, 0.1) is 6.61 Å². The summed E-state index contributed by atoms with van der Waals surface area (Å²) in [6.07, 6.45) is 5.43. The standard InChI is InChI=1S/C10H15NO2/c1-2-13-10(12)8-6-3-4-7(5-6)9(8)11/h3-4,6-9H,2,5,11H2,1H3/p+1/t6-,7-,8+,9-/m0/s1. The molecular formula is C10H16NO2+. The SMILES string of the molecule is CCOC(=O)[C@H]1[C@@H]([NH3+])[C@H]2C=C[C@H]1C2. The number of carbonyl (C=O) groups excluding carboxylic acids is 1. The molecule has 0 unspecified atom stereocenters. The maximum absolute atomic E-state index is 11.5. The number of hydrogen-bond acceptors (Lipinski definition) is 2. The Hall–Kier alpha value is -0.830. The summed E-state index contributed by atoms with van der Waals surface area (Å²) in [4.78, 5) is 11.5. The molecule has 1 fully saturated rings. The van der Waals surface area contributed by atoms with Crippen molar-refractivity contribution in [3.63, 3.8) is 0 Å². The molecule has 2 rings (SSSR count).